The molecule has 7 nitrogen and oxygen atoms in total. The molecule has 2 fully saturated rings. The van der Waals surface area contributed by atoms with Gasteiger partial charge in [0, 0.05) is 43.3 Å². The number of hydrogen-bond acceptors (Lipinski definition) is 4. The highest BCUT2D eigenvalue weighted by atomic mass is 32.2. The Bertz CT molecular complexity index is 1150. The van der Waals surface area contributed by atoms with Gasteiger partial charge in [0.05, 0.1) is 4.90 Å². The fourth-order valence-electron chi connectivity index (χ4n) is 4.62. The minimum atomic E-state index is -3.54. The smallest absolute Gasteiger partial charge is 0.253 e. The summed E-state index contributed by atoms with van der Waals surface area (Å²) in [5.74, 6) is -0.756. The summed E-state index contributed by atoms with van der Waals surface area (Å²) in [6.07, 6.45) is 2.91. The van der Waals surface area contributed by atoms with Crippen LogP contribution in [0.15, 0.2) is 53.4 Å². The molecule has 2 aliphatic rings. The van der Waals surface area contributed by atoms with Crippen LogP contribution in [0.2, 0.25) is 0 Å². The number of hydrogen-bond donors (Lipinski definition) is 1. The Kier molecular flexibility index (Phi) is 7.33. The van der Waals surface area contributed by atoms with Crippen molar-refractivity contribution in [2.24, 2.45) is 11.8 Å². The minimum Gasteiger partial charge on any atom is -0.339 e. The van der Waals surface area contributed by atoms with Crippen LogP contribution in [0.5, 0.6) is 0 Å². The van der Waals surface area contributed by atoms with E-state index in [0.717, 1.165) is 12.8 Å². The number of likely N-dealkylation sites (tertiary alicyclic amines) is 1. The molecule has 0 radical (unpaired) electrons. The van der Waals surface area contributed by atoms with Gasteiger partial charge in [0.1, 0.15) is 5.82 Å². The molecule has 34 heavy (non-hydrogen) atoms. The lowest BCUT2D eigenvalue weighted by Gasteiger charge is -2.31. The molecule has 0 spiro atoms. The zero-order valence-electron chi connectivity index (χ0n) is 19.2. The van der Waals surface area contributed by atoms with E-state index in [0.29, 0.717) is 56.2 Å². The van der Waals surface area contributed by atoms with Crippen LogP contribution < -0.4 is 5.32 Å². The highest BCUT2D eigenvalue weighted by Gasteiger charge is 2.30. The number of anilines is 1. The SMILES string of the molecule is CC1CCCN(S(=O)(=O)c2ccc(NC(=O)C3CCN(C(=O)c4cccc(F)c4)CC3)cc2)C1. The molecule has 1 N–H and O–H groups in total. The summed E-state index contributed by atoms with van der Waals surface area (Å²) in [4.78, 5) is 27.2. The molecule has 2 saturated heterocycles. The van der Waals surface area contributed by atoms with Gasteiger partial charge in [0.25, 0.3) is 5.91 Å². The zero-order chi connectivity index (χ0) is 24.3. The van der Waals surface area contributed by atoms with Crippen LogP contribution in [0.25, 0.3) is 0 Å². The summed E-state index contributed by atoms with van der Waals surface area (Å²) in [7, 11) is -3.54. The van der Waals surface area contributed by atoms with Gasteiger partial charge in [-0.3, -0.25) is 9.59 Å². The van der Waals surface area contributed by atoms with E-state index in [1.807, 2.05) is 0 Å². The number of carbonyl (C=O) groups excluding carboxylic acids is 2. The number of nitrogens with zero attached hydrogens (tertiary/aromatic N) is 2. The number of piperidine rings is 2. The van der Waals surface area contributed by atoms with Gasteiger partial charge in [-0.2, -0.15) is 4.31 Å². The van der Waals surface area contributed by atoms with Crippen molar-refractivity contribution in [3.63, 3.8) is 0 Å². The van der Waals surface area contributed by atoms with Crippen molar-refractivity contribution in [2.45, 2.75) is 37.5 Å². The van der Waals surface area contributed by atoms with Gasteiger partial charge in [0.2, 0.25) is 15.9 Å². The van der Waals surface area contributed by atoms with Gasteiger partial charge in [-0.15, -0.1) is 0 Å². The predicted molar refractivity (Wildman–Crippen MR) is 127 cm³/mol. The molecule has 182 valence electrons. The van der Waals surface area contributed by atoms with Crippen LogP contribution in [-0.2, 0) is 14.8 Å². The van der Waals surface area contributed by atoms with E-state index in [9.17, 15) is 22.4 Å². The Morgan fingerprint density at radius 2 is 1.71 bits per heavy atom. The van der Waals surface area contributed by atoms with Crippen LogP contribution in [0.1, 0.15) is 43.0 Å². The van der Waals surface area contributed by atoms with Gasteiger partial charge in [-0.25, -0.2) is 12.8 Å². The van der Waals surface area contributed by atoms with E-state index < -0.39 is 15.8 Å². The third kappa shape index (κ3) is 5.47. The minimum absolute atomic E-state index is 0.154. The van der Waals surface area contributed by atoms with E-state index in [4.69, 9.17) is 0 Å². The van der Waals surface area contributed by atoms with E-state index in [2.05, 4.69) is 12.2 Å². The maximum Gasteiger partial charge on any atom is 0.253 e. The van der Waals surface area contributed by atoms with Gasteiger partial charge in [-0.05, 0) is 74.1 Å². The quantitative estimate of drug-likeness (QED) is 0.696. The maximum atomic E-state index is 13.4. The molecule has 2 amide bonds. The first kappa shape index (κ1) is 24.3. The number of halogens is 1. The largest absolute Gasteiger partial charge is 0.339 e. The molecule has 0 saturated carbocycles. The van der Waals surface area contributed by atoms with Crippen LogP contribution in [0.3, 0.4) is 0 Å². The Labute approximate surface area is 200 Å². The first-order chi connectivity index (χ1) is 16.2. The van der Waals surface area contributed by atoms with Crippen LogP contribution >= 0.6 is 0 Å². The second-order valence-electron chi connectivity index (χ2n) is 9.20. The average molecular weight is 488 g/mol. The Balaban J connectivity index is 1.32. The monoisotopic (exact) mass is 487 g/mol. The first-order valence-corrected chi connectivity index (χ1v) is 13.1. The van der Waals surface area contributed by atoms with Crippen molar-refractivity contribution < 1.29 is 22.4 Å². The van der Waals surface area contributed by atoms with Gasteiger partial charge < -0.3 is 10.2 Å². The molecule has 9 heteroatoms. The van der Waals surface area contributed by atoms with Crippen LogP contribution in [0, 0.1) is 17.7 Å². The van der Waals surface area contributed by atoms with Gasteiger partial charge >= 0.3 is 0 Å². The van der Waals surface area contributed by atoms with Crippen molar-refractivity contribution in [1.29, 1.82) is 0 Å². The third-order valence-electron chi connectivity index (χ3n) is 6.60. The lowest BCUT2D eigenvalue weighted by atomic mass is 9.95. The normalized spacial score (nSPS) is 20.2. The van der Waals surface area contributed by atoms with E-state index in [1.165, 1.54) is 34.6 Å². The van der Waals surface area contributed by atoms with Crippen molar-refractivity contribution in [3.05, 3.63) is 59.9 Å². The molecule has 2 aliphatic heterocycles. The fraction of sp³-hybridized carbons (Fsp3) is 0.440. The highest BCUT2D eigenvalue weighted by Crippen LogP contribution is 2.25. The van der Waals surface area contributed by atoms with Crippen molar-refractivity contribution in [1.82, 2.24) is 9.21 Å². The molecular formula is C25H30FN3O4S. The third-order valence-corrected chi connectivity index (χ3v) is 8.48. The standard InChI is InChI=1S/C25H30FN3O4S/c1-18-4-3-13-29(17-18)34(32,33)23-9-7-22(8-10-23)27-24(30)19-11-14-28(15-12-19)25(31)20-5-2-6-21(26)16-20/h2,5-10,16,18-19H,3-4,11-15,17H2,1H3,(H,27,30). The molecule has 0 bridgehead atoms. The Morgan fingerprint density at radius 3 is 2.35 bits per heavy atom. The summed E-state index contributed by atoms with van der Waals surface area (Å²) in [6.45, 7) is 3.95. The summed E-state index contributed by atoms with van der Waals surface area (Å²) < 4.78 is 40.8. The van der Waals surface area contributed by atoms with E-state index in [-0.39, 0.29) is 22.6 Å². The second-order valence-corrected chi connectivity index (χ2v) is 11.1. The Hall–Kier alpha value is -2.78. The number of nitrogens with one attached hydrogen (secondary N) is 1. The van der Waals surface area contributed by atoms with Crippen molar-refractivity contribution >= 4 is 27.5 Å². The zero-order valence-corrected chi connectivity index (χ0v) is 20.1. The van der Waals surface area contributed by atoms with E-state index >= 15 is 0 Å². The summed E-state index contributed by atoms with van der Waals surface area (Å²) in [5.41, 5.74) is 0.839. The number of carbonyl (C=O) groups is 2. The van der Waals surface area contributed by atoms with Crippen LogP contribution in [-0.4, -0.2) is 55.6 Å². The average Bonchev–Trinajstić information content (AvgIpc) is 2.84. The molecule has 1 atom stereocenters. The molecule has 0 aliphatic carbocycles. The number of rotatable bonds is 5. The molecule has 2 aromatic carbocycles. The van der Waals surface area contributed by atoms with Gasteiger partial charge in [-0.1, -0.05) is 13.0 Å². The summed E-state index contributed by atoms with van der Waals surface area (Å²) in [6, 6.07) is 11.9. The molecule has 2 aromatic rings. The molecule has 4 rings (SSSR count). The molecule has 2 heterocycles. The number of sulfonamides is 1. The number of benzene rings is 2. The summed E-state index contributed by atoms with van der Waals surface area (Å²) in [5, 5.41) is 2.86. The first-order valence-electron chi connectivity index (χ1n) is 11.7. The topological polar surface area (TPSA) is 86.8 Å². The molecular weight excluding hydrogens is 457 g/mol. The lowest BCUT2D eigenvalue weighted by Crippen LogP contribution is -2.41. The maximum absolute atomic E-state index is 13.4. The van der Waals surface area contributed by atoms with Crippen molar-refractivity contribution in [3.8, 4) is 0 Å². The highest BCUT2D eigenvalue weighted by molar-refractivity contribution is 7.89. The fourth-order valence-corrected chi connectivity index (χ4v) is 6.22. The number of amides is 2. The Morgan fingerprint density at radius 1 is 1.00 bits per heavy atom. The lowest BCUT2D eigenvalue weighted by molar-refractivity contribution is -0.121. The van der Waals surface area contributed by atoms with Crippen molar-refractivity contribution in [2.75, 3.05) is 31.5 Å². The van der Waals surface area contributed by atoms with Gasteiger partial charge in [0.15, 0.2) is 0 Å². The summed E-state index contributed by atoms with van der Waals surface area (Å²) >= 11 is 0. The molecule has 1 unspecified atom stereocenters. The van der Waals surface area contributed by atoms with Crippen LogP contribution in [0.4, 0.5) is 10.1 Å². The van der Waals surface area contributed by atoms with E-state index in [1.54, 1.807) is 23.1 Å². The molecule has 0 aromatic heterocycles. The predicted octanol–water partition coefficient (Wildman–Crippen LogP) is 3.74. The second kappa shape index (κ2) is 10.2.